The molecule has 0 aliphatic heterocycles. The van der Waals surface area contributed by atoms with Gasteiger partial charge >= 0.3 is 0 Å². The average molecular weight is 600 g/mol. The van der Waals surface area contributed by atoms with Gasteiger partial charge in [-0.3, -0.25) is 0 Å². The van der Waals surface area contributed by atoms with Crippen LogP contribution in [0.2, 0.25) is 0 Å². The molecule has 8 aromatic carbocycles. The summed E-state index contributed by atoms with van der Waals surface area (Å²) in [5.74, 6) is 0. The number of rotatable bonds is 7. The Bertz CT molecular complexity index is 2300. The summed E-state index contributed by atoms with van der Waals surface area (Å²) >= 11 is 0. The normalized spacial score (nSPS) is 11.0. The molecular weight excluding hydrogens is 567 g/mol. The van der Waals surface area contributed by atoms with Crippen molar-refractivity contribution in [3.63, 3.8) is 0 Å². The topological polar surface area (TPSA) is 3.24 Å². The molecule has 0 heterocycles. The van der Waals surface area contributed by atoms with E-state index in [1.54, 1.807) is 0 Å². The van der Waals surface area contributed by atoms with Crippen LogP contribution >= 0.6 is 0 Å². The first-order chi connectivity index (χ1) is 23.3. The molecule has 0 saturated carbocycles. The second-order valence-corrected chi connectivity index (χ2v) is 11.7. The Kier molecular flexibility index (Phi) is 7.63. The minimum Gasteiger partial charge on any atom is -0.309 e. The van der Waals surface area contributed by atoms with Crippen molar-refractivity contribution in [3.05, 3.63) is 200 Å². The zero-order chi connectivity index (χ0) is 31.4. The van der Waals surface area contributed by atoms with Crippen molar-refractivity contribution in [2.24, 2.45) is 0 Å². The van der Waals surface area contributed by atoms with E-state index >= 15 is 0 Å². The highest BCUT2D eigenvalue weighted by molar-refractivity contribution is 6.03. The number of nitrogens with zero attached hydrogens (tertiary/aromatic N) is 1. The van der Waals surface area contributed by atoms with Gasteiger partial charge < -0.3 is 4.90 Å². The number of fused-ring (bicyclic) bond motifs is 1. The monoisotopic (exact) mass is 599 g/mol. The molecule has 222 valence electrons. The first-order valence-corrected chi connectivity index (χ1v) is 16.1. The minimum atomic E-state index is 1.11. The van der Waals surface area contributed by atoms with Crippen molar-refractivity contribution in [2.45, 2.75) is 0 Å². The first-order valence-electron chi connectivity index (χ1n) is 16.1. The Morgan fingerprint density at radius 1 is 0.277 bits per heavy atom. The Morgan fingerprint density at radius 3 is 1.49 bits per heavy atom. The van der Waals surface area contributed by atoms with E-state index in [2.05, 4.69) is 205 Å². The molecule has 0 unspecified atom stereocenters. The maximum Gasteiger partial charge on any atom is 0.0540 e. The zero-order valence-electron chi connectivity index (χ0n) is 26.0. The highest BCUT2D eigenvalue weighted by Gasteiger charge is 2.21. The Morgan fingerprint density at radius 2 is 0.745 bits per heavy atom. The third-order valence-corrected chi connectivity index (χ3v) is 8.88. The molecule has 0 fully saturated rings. The standard InChI is InChI=1S/C46H33N/c1-3-17-34(18-4-1)37-23-15-24-38(33-37)47(45-32-16-22-36-21-7-8-26-40(36)45)46-31-14-13-30-44(46)43-29-12-11-28-42(43)41-27-10-9-25-39(41)35-19-5-2-6-20-35/h1-33H. The van der Waals surface area contributed by atoms with Gasteiger partial charge in [-0.15, -0.1) is 0 Å². The van der Waals surface area contributed by atoms with Crippen LogP contribution in [0.25, 0.3) is 55.3 Å². The van der Waals surface area contributed by atoms with Gasteiger partial charge in [-0.25, -0.2) is 0 Å². The van der Waals surface area contributed by atoms with E-state index in [1.807, 2.05) is 0 Å². The molecule has 0 N–H and O–H groups in total. The van der Waals surface area contributed by atoms with Crippen molar-refractivity contribution in [2.75, 3.05) is 4.90 Å². The van der Waals surface area contributed by atoms with Crippen molar-refractivity contribution < 1.29 is 0 Å². The molecule has 0 aliphatic carbocycles. The maximum atomic E-state index is 2.43. The van der Waals surface area contributed by atoms with E-state index in [0.717, 1.165) is 17.1 Å². The first kappa shape index (κ1) is 28.3. The molecule has 1 nitrogen and oxygen atoms in total. The van der Waals surface area contributed by atoms with Gasteiger partial charge in [-0.1, -0.05) is 176 Å². The van der Waals surface area contributed by atoms with Gasteiger partial charge in [0.05, 0.1) is 11.4 Å². The second kappa shape index (κ2) is 12.7. The fraction of sp³-hybridized carbons (Fsp3) is 0. The largest absolute Gasteiger partial charge is 0.309 e. The smallest absolute Gasteiger partial charge is 0.0540 e. The number of hydrogen-bond acceptors (Lipinski definition) is 1. The van der Waals surface area contributed by atoms with Gasteiger partial charge in [0.15, 0.2) is 0 Å². The van der Waals surface area contributed by atoms with Crippen LogP contribution in [0.5, 0.6) is 0 Å². The highest BCUT2D eigenvalue weighted by atomic mass is 15.1. The predicted octanol–water partition coefficient (Wildman–Crippen LogP) is 13.0. The van der Waals surface area contributed by atoms with Crippen LogP contribution < -0.4 is 4.90 Å². The molecular formula is C46H33N. The number of hydrogen-bond donors (Lipinski definition) is 0. The van der Waals surface area contributed by atoms with Crippen molar-refractivity contribution >= 4 is 27.8 Å². The molecule has 8 aromatic rings. The molecule has 0 bridgehead atoms. The molecule has 0 aliphatic rings. The van der Waals surface area contributed by atoms with Crippen LogP contribution in [-0.2, 0) is 0 Å². The molecule has 8 rings (SSSR count). The predicted molar refractivity (Wildman–Crippen MR) is 200 cm³/mol. The van der Waals surface area contributed by atoms with Gasteiger partial charge in [0.25, 0.3) is 0 Å². The molecule has 0 spiro atoms. The fourth-order valence-electron chi connectivity index (χ4n) is 6.70. The second-order valence-electron chi connectivity index (χ2n) is 11.7. The summed E-state index contributed by atoms with van der Waals surface area (Å²) in [7, 11) is 0. The third kappa shape index (κ3) is 5.49. The van der Waals surface area contributed by atoms with Crippen molar-refractivity contribution in [1.82, 2.24) is 0 Å². The Hall–Kier alpha value is -6.18. The lowest BCUT2D eigenvalue weighted by Gasteiger charge is -2.30. The summed E-state index contributed by atoms with van der Waals surface area (Å²) in [6.07, 6.45) is 0. The number of para-hydroxylation sites is 1. The molecule has 0 saturated heterocycles. The van der Waals surface area contributed by atoms with E-state index in [9.17, 15) is 0 Å². The lowest BCUT2D eigenvalue weighted by Crippen LogP contribution is -2.12. The number of benzene rings is 8. The van der Waals surface area contributed by atoms with E-state index < -0.39 is 0 Å². The van der Waals surface area contributed by atoms with Crippen molar-refractivity contribution in [3.8, 4) is 44.5 Å². The molecule has 1 heteroatoms. The Balaban J connectivity index is 1.37. The van der Waals surface area contributed by atoms with Crippen LogP contribution in [0.15, 0.2) is 200 Å². The summed E-state index contributed by atoms with van der Waals surface area (Å²) in [6.45, 7) is 0. The van der Waals surface area contributed by atoms with Crippen LogP contribution in [0.1, 0.15) is 0 Å². The van der Waals surface area contributed by atoms with Gasteiger partial charge in [-0.2, -0.15) is 0 Å². The summed E-state index contributed by atoms with van der Waals surface area (Å²) < 4.78 is 0. The summed E-state index contributed by atoms with van der Waals surface area (Å²) in [6, 6.07) is 71.8. The SMILES string of the molecule is c1ccc(-c2cccc(N(c3ccccc3-c3ccccc3-c3ccccc3-c3ccccc3)c3cccc4ccccc34)c2)cc1. The van der Waals surface area contributed by atoms with Gasteiger partial charge in [0, 0.05) is 16.6 Å². The molecule has 0 aromatic heterocycles. The van der Waals surface area contributed by atoms with Crippen LogP contribution in [0.4, 0.5) is 17.1 Å². The number of anilines is 3. The lowest BCUT2D eigenvalue weighted by atomic mass is 9.88. The summed E-state index contributed by atoms with van der Waals surface area (Å²) in [5.41, 5.74) is 13.0. The van der Waals surface area contributed by atoms with E-state index in [1.165, 1.54) is 55.3 Å². The quantitative estimate of drug-likeness (QED) is 0.176. The average Bonchev–Trinajstić information content (AvgIpc) is 3.16. The van der Waals surface area contributed by atoms with Gasteiger partial charge in [0.2, 0.25) is 0 Å². The third-order valence-electron chi connectivity index (χ3n) is 8.88. The molecule has 0 radical (unpaired) electrons. The van der Waals surface area contributed by atoms with Crippen LogP contribution in [0, 0.1) is 0 Å². The lowest BCUT2D eigenvalue weighted by molar-refractivity contribution is 1.30. The van der Waals surface area contributed by atoms with Gasteiger partial charge in [0.1, 0.15) is 0 Å². The molecule has 0 atom stereocenters. The van der Waals surface area contributed by atoms with E-state index in [-0.39, 0.29) is 0 Å². The minimum absolute atomic E-state index is 1.11. The zero-order valence-corrected chi connectivity index (χ0v) is 26.0. The fourth-order valence-corrected chi connectivity index (χ4v) is 6.70. The summed E-state index contributed by atoms with van der Waals surface area (Å²) in [4.78, 5) is 2.43. The maximum absolute atomic E-state index is 2.43. The van der Waals surface area contributed by atoms with Crippen molar-refractivity contribution in [1.29, 1.82) is 0 Å². The van der Waals surface area contributed by atoms with Crippen LogP contribution in [-0.4, -0.2) is 0 Å². The van der Waals surface area contributed by atoms with E-state index in [0.29, 0.717) is 0 Å². The van der Waals surface area contributed by atoms with Gasteiger partial charge in [-0.05, 0) is 68.6 Å². The summed E-state index contributed by atoms with van der Waals surface area (Å²) in [5, 5.41) is 2.42. The molecule has 0 amide bonds. The van der Waals surface area contributed by atoms with E-state index in [4.69, 9.17) is 0 Å². The highest BCUT2D eigenvalue weighted by Crippen LogP contribution is 2.46. The molecule has 47 heavy (non-hydrogen) atoms. The van der Waals surface area contributed by atoms with Crippen LogP contribution in [0.3, 0.4) is 0 Å². The Labute approximate surface area is 276 Å².